The quantitative estimate of drug-likeness (QED) is 0.555. The largest absolute Gasteiger partial charge is 0.325 e. The van der Waals surface area contributed by atoms with Crippen LogP contribution in [0.3, 0.4) is 0 Å². The van der Waals surface area contributed by atoms with Crippen LogP contribution in [0, 0.1) is 0 Å². The van der Waals surface area contributed by atoms with Crippen molar-refractivity contribution in [2.75, 3.05) is 10.6 Å². The number of nitrogens with one attached hydrogen (secondary N) is 2. The molecule has 0 aliphatic rings. The number of carbonyl (C=O) groups is 2. The first kappa shape index (κ1) is 23.2. The molecule has 0 bridgehead atoms. The van der Waals surface area contributed by atoms with Crippen LogP contribution in [0.5, 0.6) is 0 Å². The fraction of sp³-hybridized carbons (Fsp3) is 0.391. The molecule has 0 saturated heterocycles. The number of amides is 2. The van der Waals surface area contributed by atoms with Gasteiger partial charge in [0, 0.05) is 19.3 Å². The first-order valence-corrected chi connectivity index (χ1v) is 10.5. The summed E-state index contributed by atoms with van der Waals surface area (Å²) in [4.78, 5) is 23.1. The van der Waals surface area contributed by atoms with Gasteiger partial charge >= 0.3 is 0 Å². The summed E-state index contributed by atoms with van der Waals surface area (Å²) in [6.45, 7) is 11.2. The standard InChI is InChI=1S/C23H28Cl2N2O2/c1-7-15-9-17(11-19(24)21(15)26-13(3)28)23(5,6)18-10-16(8-2)22(20(25)12-18)27-14(4)29/h9-12H,7-8H2,1-6H3,(H,26,28)(H,27,29). The smallest absolute Gasteiger partial charge is 0.221 e. The van der Waals surface area contributed by atoms with Crippen LogP contribution in [0.1, 0.15) is 63.8 Å². The number of benzene rings is 2. The van der Waals surface area contributed by atoms with Gasteiger partial charge in [0.15, 0.2) is 0 Å². The third kappa shape index (κ3) is 5.12. The van der Waals surface area contributed by atoms with Gasteiger partial charge in [-0.1, -0.05) is 63.0 Å². The molecule has 6 heteroatoms. The topological polar surface area (TPSA) is 58.2 Å². The molecule has 0 aliphatic heterocycles. The predicted octanol–water partition coefficient (Wildman–Crippen LogP) is 6.36. The van der Waals surface area contributed by atoms with Gasteiger partial charge in [-0.15, -0.1) is 0 Å². The third-order valence-electron chi connectivity index (χ3n) is 5.15. The Morgan fingerprint density at radius 1 is 0.793 bits per heavy atom. The van der Waals surface area contributed by atoms with E-state index in [0.717, 1.165) is 35.1 Å². The Morgan fingerprint density at radius 3 is 1.41 bits per heavy atom. The zero-order chi connectivity index (χ0) is 21.9. The molecule has 4 nitrogen and oxygen atoms in total. The fourth-order valence-electron chi connectivity index (χ4n) is 3.41. The van der Waals surface area contributed by atoms with Gasteiger partial charge in [0.05, 0.1) is 21.4 Å². The van der Waals surface area contributed by atoms with E-state index in [1.165, 1.54) is 13.8 Å². The second-order valence-electron chi connectivity index (χ2n) is 7.68. The molecule has 0 fully saturated rings. The second-order valence-corrected chi connectivity index (χ2v) is 8.49. The van der Waals surface area contributed by atoms with Crippen molar-refractivity contribution < 1.29 is 9.59 Å². The maximum Gasteiger partial charge on any atom is 0.221 e. The molecule has 29 heavy (non-hydrogen) atoms. The normalized spacial score (nSPS) is 11.3. The van der Waals surface area contributed by atoms with Crippen molar-refractivity contribution in [3.8, 4) is 0 Å². The van der Waals surface area contributed by atoms with E-state index in [0.29, 0.717) is 21.4 Å². The lowest BCUT2D eigenvalue weighted by Crippen LogP contribution is -2.21. The Balaban J connectivity index is 2.60. The minimum Gasteiger partial charge on any atom is -0.325 e. The molecular formula is C23H28Cl2N2O2. The molecule has 0 radical (unpaired) electrons. The van der Waals surface area contributed by atoms with Crippen LogP contribution in [-0.2, 0) is 27.8 Å². The van der Waals surface area contributed by atoms with Gasteiger partial charge in [0.2, 0.25) is 11.8 Å². The number of carbonyl (C=O) groups excluding carboxylic acids is 2. The van der Waals surface area contributed by atoms with Crippen molar-refractivity contribution in [3.05, 3.63) is 56.6 Å². The SMILES string of the molecule is CCc1cc(C(C)(C)c2cc(Cl)c(NC(C)=O)c(CC)c2)cc(Cl)c1NC(C)=O. The zero-order valence-corrected chi connectivity index (χ0v) is 19.3. The summed E-state index contributed by atoms with van der Waals surface area (Å²) in [5.41, 5.74) is 4.95. The monoisotopic (exact) mass is 434 g/mol. The Kier molecular flexibility index (Phi) is 7.36. The van der Waals surface area contributed by atoms with Crippen molar-refractivity contribution >= 4 is 46.4 Å². The Labute approximate surface area is 183 Å². The highest BCUT2D eigenvalue weighted by molar-refractivity contribution is 6.34. The lowest BCUT2D eigenvalue weighted by atomic mass is 9.76. The van der Waals surface area contributed by atoms with Crippen LogP contribution in [0.4, 0.5) is 11.4 Å². The van der Waals surface area contributed by atoms with Crippen LogP contribution in [0.25, 0.3) is 0 Å². The number of anilines is 2. The van der Waals surface area contributed by atoms with Gasteiger partial charge in [-0.2, -0.15) is 0 Å². The van der Waals surface area contributed by atoms with Gasteiger partial charge in [0.25, 0.3) is 0 Å². The third-order valence-corrected chi connectivity index (χ3v) is 5.75. The lowest BCUT2D eigenvalue weighted by Gasteiger charge is -2.29. The average Bonchev–Trinajstić information content (AvgIpc) is 2.63. The van der Waals surface area contributed by atoms with Crippen molar-refractivity contribution in [2.45, 2.75) is 59.8 Å². The van der Waals surface area contributed by atoms with E-state index in [4.69, 9.17) is 23.2 Å². The summed E-state index contributed by atoms with van der Waals surface area (Å²) in [5, 5.41) is 6.69. The van der Waals surface area contributed by atoms with Crippen molar-refractivity contribution in [1.29, 1.82) is 0 Å². The summed E-state index contributed by atoms with van der Waals surface area (Å²) in [6, 6.07) is 7.96. The summed E-state index contributed by atoms with van der Waals surface area (Å²) < 4.78 is 0. The van der Waals surface area contributed by atoms with Gasteiger partial charge in [0.1, 0.15) is 0 Å². The molecule has 2 aromatic rings. The van der Waals surface area contributed by atoms with Crippen LogP contribution in [-0.4, -0.2) is 11.8 Å². The van der Waals surface area contributed by atoms with Crippen LogP contribution < -0.4 is 10.6 Å². The minimum atomic E-state index is -0.384. The number of aryl methyl sites for hydroxylation is 2. The summed E-state index contributed by atoms with van der Waals surface area (Å²) >= 11 is 13.1. The second kappa shape index (κ2) is 9.19. The average molecular weight is 435 g/mol. The highest BCUT2D eigenvalue weighted by atomic mass is 35.5. The molecule has 156 valence electrons. The molecule has 0 atom stereocenters. The van der Waals surface area contributed by atoms with E-state index in [-0.39, 0.29) is 17.2 Å². The van der Waals surface area contributed by atoms with Gasteiger partial charge in [-0.3, -0.25) is 9.59 Å². The molecule has 2 aromatic carbocycles. The minimum absolute atomic E-state index is 0.151. The van der Waals surface area contributed by atoms with Gasteiger partial charge in [-0.25, -0.2) is 0 Å². The van der Waals surface area contributed by atoms with Crippen LogP contribution in [0.2, 0.25) is 10.0 Å². The molecule has 0 aromatic heterocycles. The molecule has 0 saturated carbocycles. The fourth-order valence-corrected chi connectivity index (χ4v) is 3.98. The first-order chi connectivity index (χ1) is 13.5. The van der Waals surface area contributed by atoms with Crippen LogP contribution >= 0.6 is 23.2 Å². The molecule has 2 rings (SSSR count). The van der Waals surface area contributed by atoms with E-state index < -0.39 is 0 Å². The maximum atomic E-state index is 11.5. The van der Waals surface area contributed by atoms with Gasteiger partial charge in [-0.05, 0) is 47.2 Å². The van der Waals surface area contributed by atoms with E-state index in [1.807, 2.05) is 26.0 Å². The molecule has 2 amide bonds. The van der Waals surface area contributed by atoms with E-state index in [9.17, 15) is 9.59 Å². The molecule has 0 unspecified atom stereocenters. The van der Waals surface area contributed by atoms with Crippen molar-refractivity contribution in [1.82, 2.24) is 0 Å². The summed E-state index contributed by atoms with van der Waals surface area (Å²) in [6.07, 6.45) is 1.48. The van der Waals surface area contributed by atoms with E-state index in [2.05, 4.69) is 36.6 Å². The van der Waals surface area contributed by atoms with Crippen molar-refractivity contribution in [3.63, 3.8) is 0 Å². The first-order valence-electron chi connectivity index (χ1n) is 9.72. The zero-order valence-electron chi connectivity index (χ0n) is 17.8. The highest BCUT2D eigenvalue weighted by Gasteiger charge is 2.27. The Hall–Kier alpha value is -2.04. The molecule has 2 N–H and O–H groups in total. The van der Waals surface area contributed by atoms with Crippen LogP contribution in [0.15, 0.2) is 24.3 Å². The Morgan fingerprint density at radius 2 is 1.14 bits per heavy atom. The molecule has 0 heterocycles. The maximum absolute atomic E-state index is 11.5. The molecule has 0 spiro atoms. The number of rotatable bonds is 6. The van der Waals surface area contributed by atoms with E-state index >= 15 is 0 Å². The summed E-state index contributed by atoms with van der Waals surface area (Å²) in [7, 11) is 0. The van der Waals surface area contributed by atoms with E-state index in [1.54, 1.807) is 0 Å². The van der Waals surface area contributed by atoms with Crippen molar-refractivity contribution in [2.24, 2.45) is 0 Å². The van der Waals surface area contributed by atoms with Gasteiger partial charge < -0.3 is 10.6 Å². The lowest BCUT2D eigenvalue weighted by molar-refractivity contribution is -0.115. The predicted molar refractivity (Wildman–Crippen MR) is 122 cm³/mol. The molecule has 0 aliphatic carbocycles. The Bertz CT molecular complexity index is 877. The molecular weight excluding hydrogens is 407 g/mol. The summed E-state index contributed by atoms with van der Waals surface area (Å²) in [5.74, 6) is -0.303. The number of hydrogen-bond acceptors (Lipinski definition) is 2. The highest BCUT2D eigenvalue weighted by Crippen LogP contribution is 2.40. The number of hydrogen-bond donors (Lipinski definition) is 2. The number of halogens is 2.